The molecule has 17 heavy (non-hydrogen) atoms. The summed E-state index contributed by atoms with van der Waals surface area (Å²) in [6, 6.07) is 3.69. The fourth-order valence-electron chi connectivity index (χ4n) is 1.72. The minimum atomic E-state index is -0.00756. The zero-order valence-corrected chi connectivity index (χ0v) is 9.17. The van der Waals surface area contributed by atoms with Gasteiger partial charge in [-0.25, -0.2) is 0 Å². The number of nitrogens with zero attached hydrogens (tertiary/aromatic N) is 3. The quantitative estimate of drug-likeness (QED) is 0.825. The summed E-state index contributed by atoms with van der Waals surface area (Å²) in [5.74, 6) is 1.14. The minimum absolute atomic E-state index is 0.00756. The monoisotopic (exact) mass is 232 g/mol. The van der Waals surface area contributed by atoms with Crippen LogP contribution in [0.15, 0.2) is 29.0 Å². The van der Waals surface area contributed by atoms with Gasteiger partial charge in [-0.3, -0.25) is 4.98 Å². The molecule has 1 saturated heterocycles. The molecule has 0 spiro atoms. The summed E-state index contributed by atoms with van der Waals surface area (Å²) in [7, 11) is 0. The summed E-state index contributed by atoms with van der Waals surface area (Å²) in [6.07, 6.45) is 3.40. The average Bonchev–Trinajstić information content (AvgIpc) is 2.90. The highest BCUT2D eigenvalue weighted by molar-refractivity contribution is 5.52. The van der Waals surface area contributed by atoms with Crippen molar-refractivity contribution in [1.29, 1.82) is 0 Å². The van der Waals surface area contributed by atoms with Crippen LogP contribution in [0.4, 0.5) is 0 Å². The van der Waals surface area contributed by atoms with E-state index in [4.69, 9.17) is 9.26 Å². The Labute approximate surface area is 98.0 Å². The molecule has 2 aromatic rings. The van der Waals surface area contributed by atoms with E-state index in [1.54, 1.807) is 12.4 Å². The summed E-state index contributed by atoms with van der Waals surface area (Å²) in [4.78, 5) is 8.31. The molecule has 0 radical (unpaired) electrons. The number of hydrogen-bond donors (Lipinski definition) is 1. The summed E-state index contributed by atoms with van der Waals surface area (Å²) in [5.41, 5.74) is 0.895. The largest absolute Gasteiger partial charge is 0.378 e. The van der Waals surface area contributed by atoms with Gasteiger partial charge in [-0.05, 0) is 12.1 Å². The molecule has 1 aliphatic heterocycles. The van der Waals surface area contributed by atoms with Crippen molar-refractivity contribution in [3.63, 3.8) is 0 Å². The van der Waals surface area contributed by atoms with Crippen LogP contribution in [0.5, 0.6) is 0 Å². The summed E-state index contributed by atoms with van der Waals surface area (Å²) >= 11 is 0. The molecule has 0 aromatic carbocycles. The van der Waals surface area contributed by atoms with Gasteiger partial charge in [0.25, 0.3) is 0 Å². The fourth-order valence-corrected chi connectivity index (χ4v) is 1.72. The van der Waals surface area contributed by atoms with Gasteiger partial charge in [-0.15, -0.1) is 0 Å². The lowest BCUT2D eigenvalue weighted by Crippen LogP contribution is -2.34. The molecule has 0 amide bonds. The average molecular weight is 232 g/mol. The van der Waals surface area contributed by atoms with E-state index in [1.165, 1.54) is 0 Å². The predicted octanol–water partition coefficient (Wildman–Crippen LogP) is 0.792. The molecule has 1 N–H and O–H groups in total. The van der Waals surface area contributed by atoms with Gasteiger partial charge in [0.1, 0.15) is 6.04 Å². The Morgan fingerprint density at radius 3 is 2.94 bits per heavy atom. The van der Waals surface area contributed by atoms with E-state index in [9.17, 15) is 0 Å². The van der Waals surface area contributed by atoms with Gasteiger partial charge in [0.05, 0.1) is 13.2 Å². The van der Waals surface area contributed by atoms with Gasteiger partial charge in [-0.2, -0.15) is 4.98 Å². The van der Waals surface area contributed by atoms with Crippen LogP contribution in [0.3, 0.4) is 0 Å². The Kier molecular flexibility index (Phi) is 2.81. The first-order valence-electron chi connectivity index (χ1n) is 5.48. The molecule has 1 fully saturated rings. The smallest absolute Gasteiger partial charge is 0.246 e. The van der Waals surface area contributed by atoms with Gasteiger partial charge in [0.2, 0.25) is 11.7 Å². The predicted molar refractivity (Wildman–Crippen MR) is 59.1 cm³/mol. The van der Waals surface area contributed by atoms with E-state index in [0.717, 1.165) is 18.7 Å². The topological polar surface area (TPSA) is 73.1 Å². The van der Waals surface area contributed by atoms with Gasteiger partial charge in [0.15, 0.2) is 0 Å². The Bertz CT molecular complexity index is 479. The van der Waals surface area contributed by atoms with Crippen LogP contribution >= 0.6 is 0 Å². The number of pyridine rings is 1. The lowest BCUT2D eigenvalue weighted by molar-refractivity contribution is 0.0659. The van der Waals surface area contributed by atoms with Crippen LogP contribution in [-0.2, 0) is 4.74 Å². The third kappa shape index (κ3) is 2.17. The maximum absolute atomic E-state index is 5.35. The van der Waals surface area contributed by atoms with Crippen molar-refractivity contribution < 1.29 is 9.26 Å². The van der Waals surface area contributed by atoms with Crippen molar-refractivity contribution in [3.8, 4) is 11.4 Å². The Morgan fingerprint density at radius 1 is 1.29 bits per heavy atom. The van der Waals surface area contributed by atoms with E-state index < -0.39 is 0 Å². The highest BCUT2D eigenvalue weighted by Crippen LogP contribution is 2.19. The first-order chi connectivity index (χ1) is 8.43. The summed E-state index contributed by atoms with van der Waals surface area (Å²) in [6.45, 7) is 2.09. The number of aromatic nitrogens is 3. The number of morpholine rings is 1. The van der Waals surface area contributed by atoms with Crippen molar-refractivity contribution in [2.75, 3.05) is 19.8 Å². The molecule has 2 aromatic heterocycles. The molecule has 3 rings (SSSR count). The Hall–Kier alpha value is -1.79. The third-order valence-electron chi connectivity index (χ3n) is 2.60. The van der Waals surface area contributed by atoms with Crippen molar-refractivity contribution in [3.05, 3.63) is 30.4 Å². The molecule has 6 nitrogen and oxygen atoms in total. The number of nitrogens with one attached hydrogen (secondary N) is 1. The minimum Gasteiger partial charge on any atom is -0.378 e. The van der Waals surface area contributed by atoms with Crippen LogP contribution < -0.4 is 5.32 Å². The van der Waals surface area contributed by atoms with E-state index in [0.29, 0.717) is 18.3 Å². The fraction of sp³-hybridized carbons (Fsp3) is 0.364. The highest BCUT2D eigenvalue weighted by Gasteiger charge is 2.21. The van der Waals surface area contributed by atoms with Crippen LogP contribution in [0, 0.1) is 0 Å². The Balaban J connectivity index is 1.83. The van der Waals surface area contributed by atoms with E-state index in [2.05, 4.69) is 20.4 Å². The van der Waals surface area contributed by atoms with Crippen molar-refractivity contribution in [1.82, 2.24) is 20.4 Å². The van der Waals surface area contributed by atoms with Crippen molar-refractivity contribution >= 4 is 0 Å². The summed E-state index contributed by atoms with van der Waals surface area (Å²) in [5, 5.41) is 7.22. The molecule has 0 bridgehead atoms. The van der Waals surface area contributed by atoms with E-state index >= 15 is 0 Å². The molecule has 1 atom stereocenters. The van der Waals surface area contributed by atoms with Crippen LogP contribution in [0.2, 0.25) is 0 Å². The molecular formula is C11H12N4O2. The number of hydrogen-bond acceptors (Lipinski definition) is 6. The second kappa shape index (κ2) is 4.60. The van der Waals surface area contributed by atoms with Gasteiger partial charge < -0.3 is 14.6 Å². The van der Waals surface area contributed by atoms with Gasteiger partial charge in [-0.1, -0.05) is 5.16 Å². The molecular weight excluding hydrogens is 220 g/mol. The first kappa shape index (κ1) is 10.4. The molecule has 1 unspecified atom stereocenters. The van der Waals surface area contributed by atoms with E-state index in [1.807, 2.05) is 12.1 Å². The lowest BCUT2D eigenvalue weighted by atomic mass is 10.2. The number of ether oxygens (including phenoxy) is 1. The zero-order valence-electron chi connectivity index (χ0n) is 9.17. The number of rotatable bonds is 2. The van der Waals surface area contributed by atoms with Gasteiger partial charge >= 0.3 is 0 Å². The third-order valence-corrected chi connectivity index (χ3v) is 2.60. The molecule has 0 aliphatic carbocycles. The SMILES string of the molecule is c1cc(-c2noc(C3COCCN3)n2)ccn1. The summed E-state index contributed by atoms with van der Waals surface area (Å²) < 4.78 is 10.6. The lowest BCUT2D eigenvalue weighted by Gasteiger charge is -2.20. The molecule has 1 aliphatic rings. The molecule has 88 valence electrons. The maximum atomic E-state index is 5.35. The zero-order chi connectivity index (χ0) is 11.5. The first-order valence-corrected chi connectivity index (χ1v) is 5.48. The molecule has 3 heterocycles. The highest BCUT2D eigenvalue weighted by atomic mass is 16.5. The standard InChI is InChI=1S/C11H12N4O2/c1-3-12-4-2-8(1)10-14-11(17-15-10)9-7-16-6-5-13-9/h1-4,9,13H,5-7H2. The van der Waals surface area contributed by atoms with Crippen LogP contribution in [0.25, 0.3) is 11.4 Å². The molecule has 6 heteroatoms. The second-order valence-corrected chi connectivity index (χ2v) is 3.77. The van der Waals surface area contributed by atoms with Crippen molar-refractivity contribution in [2.45, 2.75) is 6.04 Å². The van der Waals surface area contributed by atoms with Crippen LogP contribution in [-0.4, -0.2) is 34.9 Å². The van der Waals surface area contributed by atoms with Crippen molar-refractivity contribution in [2.24, 2.45) is 0 Å². The van der Waals surface area contributed by atoms with Gasteiger partial charge in [0, 0.05) is 24.5 Å². The normalized spacial score (nSPS) is 20.4. The maximum Gasteiger partial charge on any atom is 0.246 e. The second-order valence-electron chi connectivity index (χ2n) is 3.77. The van der Waals surface area contributed by atoms with Crippen LogP contribution in [0.1, 0.15) is 11.9 Å². The Morgan fingerprint density at radius 2 is 2.18 bits per heavy atom. The van der Waals surface area contributed by atoms with E-state index in [-0.39, 0.29) is 6.04 Å². The molecule has 0 saturated carbocycles.